The number of benzene rings is 2. The van der Waals surface area contributed by atoms with Crippen LogP contribution in [0, 0.1) is 5.92 Å². The Balaban J connectivity index is 1.41. The number of rotatable bonds is 5. The van der Waals surface area contributed by atoms with Gasteiger partial charge in [0.1, 0.15) is 5.75 Å². The summed E-state index contributed by atoms with van der Waals surface area (Å²) in [6.07, 6.45) is 3.07. The molecular weight excluding hydrogens is 420 g/mol. The van der Waals surface area contributed by atoms with Gasteiger partial charge < -0.3 is 14.2 Å². The van der Waals surface area contributed by atoms with Crippen LogP contribution in [0.1, 0.15) is 18.0 Å². The zero-order valence-corrected chi connectivity index (χ0v) is 18.9. The smallest absolute Gasteiger partial charge is 0.260 e. The van der Waals surface area contributed by atoms with Crippen molar-refractivity contribution in [3.8, 4) is 16.9 Å². The molecule has 32 heavy (non-hydrogen) atoms. The number of hydrogen-bond donors (Lipinski definition) is 0. The Morgan fingerprint density at radius 2 is 1.78 bits per heavy atom. The number of nitrogens with zero attached hydrogens (tertiary/aromatic N) is 2. The van der Waals surface area contributed by atoms with E-state index >= 15 is 0 Å². The van der Waals surface area contributed by atoms with Crippen molar-refractivity contribution in [3.05, 3.63) is 82.8 Å². The summed E-state index contributed by atoms with van der Waals surface area (Å²) < 4.78 is 7.64. The number of aromatic nitrogens is 1. The first-order valence-corrected chi connectivity index (χ1v) is 12.2. The SMILES string of the molecule is CSc1ccc(-c2ccc(=O)n3c2[C@@H]2C[C@@H](CN(C(=O)COc4ccccc4)C2)C3)cc1. The minimum absolute atomic E-state index is 0.00107. The Morgan fingerprint density at radius 1 is 1.00 bits per heavy atom. The van der Waals surface area contributed by atoms with E-state index in [1.807, 2.05) is 45.9 Å². The number of likely N-dealkylation sites (tertiary alicyclic amines) is 1. The highest BCUT2D eigenvalue weighted by Crippen LogP contribution is 2.40. The fourth-order valence-electron chi connectivity index (χ4n) is 4.99. The van der Waals surface area contributed by atoms with E-state index in [2.05, 4.69) is 30.5 Å². The third-order valence-electron chi connectivity index (χ3n) is 6.45. The van der Waals surface area contributed by atoms with Crippen LogP contribution in [0.25, 0.3) is 11.1 Å². The van der Waals surface area contributed by atoms with E-state index in [1.54, 1.807) is 17.8 Å². The fourth-order valence-corrected chi connectivity index (χ4v) is 5.39. The van der Waals surface area contributed by atoms with Crippen molar-refractivity contribution in [2.24, 2.45) is 5.92 Å². The zero-order chi connectivity index (χ0) is 22.1. The number of hydrogen-bond acceptors (Lipinski definition) is 4. The molecule has 2 aliphatic heterocycles. The van der Waals surface area contributed by atoms with Crippen molar-refractivity contribution >= 4 is 17.7 Å². The molecule has 0 saturated carbocycles. The quantitative estimate of drug-likeness (QED) is 0.550. The normalized spacial score (nSPS) is 19.3. The molecule has 2 bridgehead atoms. The number of ether oxygens (including phenoxy) is 1. The molecule has 5 rings (SSSR count). The molecule has 1 fully saturated rings. The van der Waals surface area contributed by atoms with Gasteiger partial charge in [0.05, 0.1) is 0 Å². The minimum Gasteiger partial charge on any atom is -0.484 e. The van der Waals surface area contributed by atoms with Crippen LogP contribution in [0.4, 0.5) is 0 Å². The van der Waals surface area contributed by atoms with Crippen LogP contribution in [0.3, 0.4) is 0 Å². The topological polar surface area (TPSA) is 51.5 Å². The van der Waals surface area contributed by atoms with Crippen LogP contribution in [-0.4, -0.2) is 41.3 Å². The molecule has 3 aromatic rings. The molecule has 0 radical (unpaired) electrons. The first-order chi connectivity index (χ1) is 15.6. The lowest BCUT2D eigenvalue weighted by molar-refractivity contribution is -0.136. The van der Waals surface area contributed by atoms with Crippen LogP contribution in [0.5, 0.6) is 5.75 Å². The summed E-state index contributed by atoms with van der Waals surface area (Å²) in [5, 5.41) is 0. The van der Waals surface area contributed by atoms with E-state index in [0.29, 0.717) is 25.4 Å². The van der Waals surface area contributed by atoms with Crippen LogP contribution in [0.2, 0.25) is 0 Å². The third-order valence-corrected chi connectivity index (χ3v) is 7.19. The van der Waals surface area contributed by atoms with E-state index in [0.717, 1.165) is 23.2 Å². The van der Waals surface area contributed by atoms with Crippen molar-refractivity contribution in [3.63, 3.8) is 0 Å². The maximum atomic E-state index is 12.9. The average Bonchev–Trinajstić information content (AvgIpc) is 2.84. The third kappa shape index (κ3) is 4.07. The molecule has 0 aliphatic carbocycles. The van der Waals surface area contributed by atoms with Gasteiger partial charge in [0, 0.05) is 47.8 Å². The minimum atomic E-state index is 0.00107. The summed E-state index contributed by atoms with van der Waals surface area (Å²) in [5.74, 6) is 1.13. The molecule has 0 N–H and O–H groups in total. The Hall–Kier alpha value is -2.99. The number of amides is 1. The van der Waals surface area contributed by atoms with Gasteiger partial charge in [0.25, 0.3) is 11.5 Å². The number of piperidine rings is 1. The monoisotopic (exact) mass is 446 g/mol. The number of carbonyl (C=O) groups excluding carboxylic acids is 1. The number of carbonyl (C=O) groups is 1. The highest BCUT2D eigenvalue weighted by atomic mass is 32.2. The molecule has 2 aliphatic rings. The Kier molecular flexibility index (Phi) is 5.79. The molecule has 164 valence electrons. The van der Waals surface area contributed by atoms with Crippen LogP contribution >= 0.6 is 11.8 Å². The highest BCUT2D eigenvalue weighted by molar-refractivity contribution is 7.98. The fraction of sp³-hybridized carbons (Fsp3) is 0.308. The van der Waals surface area contributed by atoms with Crippen molar-refractivity contribution in [1.29, 1.82) is 0 Å². The van der Waals surface area contributed by atoms with Crippen molar-refractivity contribution < 1.29 is 9.53 Å². The van der Waals surface area contributed by atoms with Gasteiger partial charge in [-0.05, 0) is 54.5 Å². The number of para-hydroxylation sites is 1. The standard InChI is InChI=1S/C26H26N2O3S/c1-32-22-9-7-19(8-10-22)23-11-12-24(29)28-15-18-13-20(26(23)28)16-27(14-18)25(30)17-31-21-5-3-2-4-6-21/h2-12,18,20H,13-17H2,1H3/t18-,20+/m0/s1. The molecule has 2 atom stereocenters. The molecule has 5 nitrogen and oxygen atoms in total. The van der Waals surface area contributed by atoms with Gasteiger partial charge in [-0.1, -0.05) is 30.3 Å². The van der Waals surface area contributed by atoms with Crippen molar-refractivity contribution in [2.75, 3.05) is 26.0 Å². The van der Waals surface area contributed by atoms with Gasteiger partial charge in [-0.25, -0.2) is 0 Å². The van der Waals surface area contributed by atoms with Crippen LogP contribution in [0.15, 0.2) is 76.4 Å². The van der Waals surface area contributed by atoms with E-state index in [9.17, 15) is 9.59 Å². The molecule has 1 amide bonds. The second-order valence-electron chi connectivity index (χ2n) is 8.51. The molecule has 1 aromatic heterocycles. The summed E-state index contributed by atoms with van der Waals surface area (Å²) in [7, 11) is 0. The number of fused-ring (bicyclic) bond motifs is 4. The molecule has 0 spiro atoms. The second kappa shape index (κ2) is 8.87. The molecule has 6 heteroatoms. The first-order valence-electron chi connectivity index (χ1n) is 11.0. The Morgan fingerprint density at radius 3 is 2.53 bits per heavy atom. The largest absolute Gasteiger partial charge is 0.484 e. The van der Waals surface area contributed by atoms with E-state index in [-0.39, 0.29) is 29.9 Å². The summed E-state index contributed by atoms with van der Waals surface area (Å²) in [6, 6.07) is 21.5. The molecule has 3 heterocycles. The average molecular weight is 447 g/mol. The summed E-state index contributed by atoms with van der Waals surface area (Å²) >= 11 is 1.71. The summed E-state index contributed by atoms with van der Waals surface area (Å²) in [6.45, 7) is 1.98. The summed E-state index contributed by atoms with van der Waals surface area (Å²) in [4.78, 5) is 28.8. The van der Waals surface area contributed by atoms with Crippen molar-refractivity contribution in [2.45, 2.75) is 23.8 Å². The Bertz CT molecular complexity index is 1170. The van der Waals surface area contributed by atoms with Gasteiger partial charge in [-0.3, -0.25) is 9.59 Å². The predicted octanol–water partition coefficient (Wildman–Crippen LogP) is 4.26. The zero-order valence-electron chi connectivity index (χ0n) is 18.1. The van der Waals surface area contributed by atoms with Gasteiger partial charge in [-0.15, -0.1) is 11.8 Å². The predicted molar refractivity (Wildman–Crippen MR) is 127 cm³/mol. The second-order valence-corrected chi connectivity index (χ2v) is 9.39. The highest BCUT2D eigenvalue weighted by Gasteiger charge is 2.37. The number of pyridine rings is 1. The molecule has 2 aromatic carbocycles. The summed E-state index contributed by atoms with van der Waals surface area (Å²) in [5.41, 5.74) is 3.31. The maximum absolute atomic E-state index is 12.9. The number of thioether (sulfide) groups is 1. The van der Waals surface area contributed by atoms with Gasteiger partial charge in [0.2, 0.25) is 0 Å². The van der Waals surface area contributed by atoms with Gasteiger partial charge >= 0.3 is 0 Å². The van der Waals surface area contributed by atoms with Gasteiger partial charge in [-0.2, -0.15) is 0 Å². The van der Waals surface area contributed by atoms with E-state index in [1.165, 1.54) is 4.90 Å². The molecule has 1 saturated heterocycles. The van der Waals surface area contributed by atoms with E-state index < -0.39 is 0 Å². The van der Waals surface area contributed by atoms with Crippen LogP contribution in [-0.2, 0) is 11.3 Å². The maximum Gasteiger partial charge on any atom is 0.260 e. The first kappa shape index (κ1) is 20.9. The lowest BCUT2D eigenvalue weighted by atomic mass is 9.80. The molecular formula is C26H26N2O3S. The Labute approximate surface area is 192 Å². The molecule has 0 unspecified atom stereocenters. The lowest BCUT2D eigenvalue weighted by Gasteiger charge is -2.43. The van der Waals surface area contributed by atoms with Gasteiger partial charge in [0.15, 0.2) is 6.61 Å². The van der Waals surface area contributed by atoms with Crippen molar-refractivity contribution in [1.82, 2.24) is 9.47 Å². The van der Waals surface area contributed by atoms with E-state index in [4.69, 9.17) is 4.74 Å². The lowest BCUT2D eigenvalue weighted by Crippen LogP contribution is -2.50. The van der Waals surface area contributed by atoms with Crippen LogP contribution < -0.4 is 10.3 Å².